The molecule has 4 heteroatoms. The van der Waals surface area contributed by atoms with Gasteiger partial charge in [0.2, 0.25) is 0 Å². The maximum absolute atomic E-state index is 8.63. The fraction of sp³-hybridized carbons (Fsp3) is 0.778. The Hall–Kier alpha value is -0.420. The second-order valence-corrected chi connectivity index (χ2v) is 2.96. The second kappa shape index (κ2) is 8.19. The molecule has 0 heterocycles. The highest BCUT2D eigenvalue weighted by Crippen LogP contribution is 1.90. The van der Waals surface area contributed by atoms with Gasteiger partial charge >= 0.3 is 0 Å². The van der Waals surface area contributed by atoms with Crippen LogP contribution in [0.25, 0.3) is 0 Å². The van der Waals surface area contributed by atoms with Crippen molar-refractivity contribution < 1.29 is 14.9 Å². The minimum atomic E-state index is -1.25. The van der Waals surface area contributed by atoms with Crippen LogP contribution in [0.3, 0.4) is 0 Å². The molecule has 78 valence electrons. The Morgan fingerprint density at radius 1 is 1.54 bits per heavy atom. The molecule has 0 amide bonds. The average Bonchev–Trinajstić information content (AvgIpc) is 2.02. The van der Waals surface area contributed by atoms with Crippen molar-refractivity contribution in [2.45, 2.75) is 12.7 Å². The van der Waals surface area contributed by atoms with Crippen LogP contribution in [0.4, 0.5) is 0 Å². The Kier molecular flexibility index (Phi) is 7.93. The van der Waals surface area contributed by atoms with E-state index in [1.54, 1.807) is 6.08 Å². The van der Waals surface area contributed by atoms with Crippen LogP contribution in [0.5, 0.6) is 0 Å². The summed E-state index contributed by atoms with van der Waals surface area (Å²) in [6, 6.07) is 0. The van der Waals surface area contributed by atoms with Crippen LogP contribution >= 0.6 is 0 Å². The van der Waals surface area contributed by atoms with Gasteiger partial charge in [-0.05, 0) is 13.5 Å². The fourth-order valence-corrected chi connectivity index (χ4v) is 0.973. The zero-order valence-corrected chi connectivity index (χ0v) is 8.15. The van der Waals surface area contributed by atoms with Crippen LogP contribution in [0.15, 0.2) is 12.7 Å². The lowest BCUT2D eigenvalue weighted by Crippen LogP contribution is -2.30. The van der Waals surface area contributed by atoms with Gasteiger partial charge in [-0.2, -0.15) is 0 Å². The first kappa shape index (κ1) is 12.6. The number of likely N-dealkylation sites (N-methyl/N-ethyl adjacent to an activating group) is 1. The number of aliphatic hydroxyl groups excluding tert-OH is 1. The molecule has 0 atom stereocenters. The van der Waals surface area contributed by atoms with Crippen molar-refractivity contribution in [3.05, 3.63) is 12.7 Å². The number of hydrogen-bond donors (Lipinski definition) is 2. The number of ether oxygens (including phenoxy) is 1. The van der Waals surface area contributed by atoms with Gasteiger partial charge in [0.25, 0.3) is 0 Å². The van der Waals surface area contributed by atoms with Crippen LogP contribution < -0.4 is 0 Å². The number of rotatable bonds is 8. The van der Waals surface area contributed by atoms with Gasteiger partial charge in [-0.25, -0.2) is 0 Å². The fourth-order valence-electron chi connectivity index (χ4n) is 0.973. The van der Waals surface area contributed by atoms with E-state index in [9.17, 15) is 0 Å². The summed E-state index contributed by atoms with van der Waals surface area (Å²) in [4.78, 5) is 1.85. The van der Waals surface area contributed by atoms with Crippen molar-refractivity contribution in [3.63, 3.8) is 0 Å². The van der Waals surface area contributed by atoms with Crippen molar-refractivity contribution in [3.8, 4) is 0 Å². The number of hydrogen-bond acceptors (Lipinski definition) is 4. The van der Waals surface area contributed by atoms with Crippen LogP contribution in [-0.4, -0.2) is 54.8 Å². The van der Waals surface area contributed by atoms with Gasteiger partial charge < -0.3 is 19.8 Å². The van der Waals surface area contributed by atoms with E-state index in [2.05, 4.69) is 6.58 Å². The highest BCUT2D eigenvalue weighted by Gasteiger charge is 2.02. The van der Waals surface area contributed by atoms with Crippen LogP contribution in [0.2, 0.25) is 0 Å². The first-order chi connectivity index (χ1) is 6.16. The Morgan fingerprint density at radius 2 is 2.23 bits per heavy atom. The Balaban J connectivity index is 3.16. The van der Waals surface area contributed by atoms with E-state index in [1.165, 1.54) is 0 Å². The molecule has 0 fully saturated rings. The molecule has 0 aliphatic carbocycles. The molecule has 0 spiro atoms. The van der Waals surface area contributed by atoms with Gasteiger partial charge in [-0.3, -0.25) is 0 Å². The Morgan fingerprint density at radius 3 is 2.77 bits per heavy atom. The lowest BCUT2D eigenvalue weighted by molar-refractivity contribution is -0.0579. The van der Waals surface area contributed by atoms with Gasteiger partial charge in [-0.1, -0.05) is 6.08 Å². The SMILES string of the molecule is C=CCOCCCN(C)CC(O)O. The highest BCUT2D eigenvalue weighted by molar-refractivity contribution is 4.63. The summed E-state index contributed by atoms with van der Waals surface area (Å²) in [5.41, 5.74) is 0. The van der Waals surface area contributed by atoms with Crippen molar-refractivity contribution in [1.29, 1.82) is 0 Å². The molecule has 0 bridgehead atoms. The summed E-state index contributed by atoms with van der Waals surface area (Å²) < 4.78 is 5.17. The summed E-state index contributed by atoms with van der Waals surface area (Å²) in [5, 5.41) is 17.3. The van der Waals surface area contributed by atoms with E-state index < -0.39 is 6.29 Å². The van der Waals surface area contributed by atoms with E-state index in [4.69, 9.17) is 14.9 Å². The smallest absolute Gasteiger partial charge is 0.164 e. The van der Waals surface area contributed by atoms with Crippen molar-refractivity contribution >= 4 is 0 Å². The van der Waals surface area contributed by atoms with E-state index in [0.717, 1.165) is 13.0 Å². The topological polar surface area (TPSA) is 52.9 Å². The maximum Gasteiger partial charge on any atom is 0.164 e. The minimum absolute atomic E-state index is 0.279. The lowest BCUT2D eigenvalue weighted by Gasteiger charge is -2.16. The molecule has 0 aliphatic rings. The van der Waals surface area contributed by atoms with E-state index in [0.29, 0.717) is 13.2 Å². The molecule has 0 saturated heterocycles. The second-order valence-electron chi connectivity index (χ2n) is 2.96. The first-order valence-electron chi connectivity index (χ1n) is 4.40. The quantitative estimate of drug-likeness (QED) is 0.316. The molecule has 0 aromatic heterocycles. The predicted octanol–water partition coefficient (Wildman–Crippen LogP) is -0.178. The number of nitrogens with zero attached hydrogens (tertiary/aromatic N) is 1. The van der Waals surface area contributed by atoms with E-state index in [1.807, 2.05) is 11.9 Å². The molecule has 0 rings (SSSR count). The van der Waals surface area contributed by atoms with Crippen LogP contribution in [0, 0.1) is 0 Å². The molecule has 4 nitrogen and oxygen atoms in total. The molecular formula is C9H19NO3. The molecule has 0 saturated carbocycles. The van der Waals surface area contributed by atoms with Crippen molar-refractivity contribution in [1.82, 2.24) is 4.90 Å². The predicted molar refractivity (Wildman–Crippen MR) is 51.4 cm³/mol. The van der Waals surface area contributed by atoms with Crippen molar-refractivity contribution in [2.24, 2.45) is 0 Å². The monoisotopic (exact) mass is 189 g/mol. The third-order valence-electron chi connectivity index (χ3n) is 1.54. The van der Waals surface area contributed by atoms with Crippen LogP contribution in [0.1, 0.15) is 6.42 Å². The van der Waals surface area contributed by atoms with Gasteiger partial charge in [0.1, 0.15) is 0 Å². The molecule has 0 aromatic carbocycles. The van der Waals surface area contributed by atoms with E-state index in [-0.39, 0.29) is 6.54 Å². The zero-order valence-electron chi connectivity index (χ0n) is 8.15. The molecule has 0 radical (unpaired) electrons. The number of aliphatic hydroxyl groups is 2. The molecule has 0 aliphatic heterocycles. The molecular weight excluding hydrogens is 170 g/mol. The maximum atomic E-state index is 8.63. The third kappa shape index (κ3) is 9.49. The normalized spacial score (nSPS) is 11.2. The molecule has 0 aromatic rings. The summed E-state index contributed by atoms with van der Waals surface area (Å²) in [6.45, 7) is 5.87. The third-order valence-corrected chi connectivity index (χ3v) is 1.54. The van der Waals surface area contributed by atoms with Gasteiger partial charge in [0.15, 0.2) is 6.29 Å². The Labute approximate surface area is 79.4 Å². The minimum Gasteiger partial charge on any atom is -0.377 e. The van der Waals surface area contributed by atoms with Gasteiger partial charge in [-0.15, -0.1) is 6.58 Å². The Bertz CT molecular complexity index is 128. The largest absolute Gasteiger partial charge is 0.377 e. The highest BCUT2D eigenvalue weighted by atomic mass is 16.5. The van der Waals surface area contributed by atoms with Crippen molar-refractivity contribution in [2.75, 3.05) is 33.4 Å². The summed E-state index contributed by atoms with van der Waals surface area (Å²) in [6.07, 6.45) is 1.34. The summed E-state index contributed by atoms with van der Waals surface area (Å²) in [7, 11) is 1.84. The standard InChI is InChI=1S/C9H19NO3/c1-3-6-13-7-4-5-10(2)8-9(11)12/h3,9,11-12H,1,4-8H2,2H3. The lowest BCUT2D eigenvalue weighted by atomic mass is 10.4. The summed E-state index contributed by atoms with van der Waals surface area (Å²) in [5.74, 6) is 0. The first-order valence-corrected chi connectivity index (χ1v) is 4.40. The molecule has 2 N–H and O–H groups in total. The molecule has 0 unspecified atom stereocenters. The average molecular weight is 189 g/mol. The van der Waals surface area contributed by atoms with Gasteiger partial charge in [0, 0.05) is 19.7 Å². The zero-order chi connectivity index (χ0) is 10.1. The van der Waals surface area contributed by atoms with E-state index >= 15 is 0 Å². The van der Waals surface area contributed by atoms with Crippen LogP contribution in [-0.2, 0) is 4.74 Å². The van der Waals surface area contributed by atoms with Gasteiger partial charge in [0.05, 0.1) is 6.61 Å². The summed E-state index contributed by atoms with van der Waals surface area (Å²) >= 11 is 0. The molecule has 13 heavy (non-hydrogen) atoms.